The minimum atomic E-state index is 0.377. The molecule has 84 valence electrons. The molecule has 0 aliphatic carbocycles. The van der Waals surface area contributed by atoms with E-state index in [4.69, 9.17) is 0 Å². The summed E-state index contributed by atoms with van der Waals surface area (Å²) in [5, 5.41) is 12.9. The van der Waals surface area contributed by atoms with Crippen molar-refractivity contribution in [3.63, 3.8) is 0 Å². The Balaban J connectivity index is 2.35. The summed E-state index contributed by atoms with van der Waals surface area (Å²) < 4.78 is 0. The van der Waals surface area contributed by atoms with Crippen LogP contribution >= 0.6 is 0 Å². The maximum absolute atomic E-state index is 9.54. The van der Waals surface area contributed by atoms with E-state index < -0.39 is 0 Å². The molecule has 0 fully saturated rings. The zero-order valence-electron chi connectivity index (χ0n) is 9.83. The van der Waals surface area contributed by atoms with E-state index in [1.807, 2.05) is 18.2 Å². The van der Waals surface area contributed by atoms with Crippen molar-refractivity contribution in [3.8, 4) is 5.75 Å². The molecule has 0 aromatic heterocycles. The van der Waals surface area contributed by atoms with E-state index in [1.54, 1.807) is 6.07 Å². The molecule has 1 atom stereocenters. The number of phenols is 1. The molecular weight excluding hydrogens is 186 g/mol. The van der Waals surface area contributed by atoms with Gasteiger partial charge in [-0.3, -0.25) is 0 Å². The number of para-hydroxylation sites is 1. The second kappa shape index (κ2) is 5.76. The lowest BCUT2D eigenvalue weighted by Crippen LogP contribution is -2.23. The second-order valence-electron chi connectivity index (χ2n) is 4.48. The van der Waals surface area contributed by atoms with Crippen LogP contribution in [-0.2, 0) is 6.54 Å². The molecule has 2 nitrogen and oxygen atoms in total. The third kappa shape index (κ3) is 3.92. The second-order valence-corrected chi connectivity index (χ2v) is 4.48. The van der Waals surface area contributed by atoms with Crippen LogP contribution in [0, 0.1) is 11.8 Å². The molecule has 0 saturated heterocycles. The van der Waals surface area contributed by atoms with Crippen molar-refractivity contribution >= 4 is 0 Å². The SMILES string of the molecule is CC(C)C(C)CNCc1ccccc1O. The molecule has 1 unspecified atom stereocenters. The van der Waals surface area contributed by atoms with Gasteiger partial charge in [0.15, 0.2) is 0 Å². The fourth-order valence-electron chi connectivity index (χ4n) is 1.33. The summed E-state index contributed by atoms with van der Waals surface area (Å²) >= 11 is 0. The first-order valence-corrected chi connectivity index (χ1v) is 5.59. The fraction of sp³-hybridized carbons (Fsp3) is 0.538. The van der Waals surface area contributed by atoms with E-state index in [0.29, 0.717) is 17.6 Å². The largest absolute Gasteiger partial charge is 0.508 e. The molecule has 0 heterocycles. The van der Waals surface area contributed by atoms with Crippen molar-refractivity contribution in [1.29, 1.82) is 0 Å². The summed E-state index contributed by atoms with van der Waals surface area (Å²) in [6, 6.07) is 7.46. The van der Waals surface area contributed by atoms with Gasteiger partial charge in [0.1, 0.15) is 5.75 Å². The van der Waals surface area contributed by atoms with E-state index in [0.717, 1.165) is 18.7 Å². The van der Waals surface area contributed by atoms with Gasteiger partial charge < -0.3 is 10.4 Å². The molecule has 0 spiro atoms. The molecule has 2 heteroatoms. The topological polar surface area (TPSA) is 32.3 Å². The molecular formula is C13H21NO. The molecule has 0 aliphatic rings. The molecule has 1 rings (SSSR count). The Labute approximate surface area is 92.3 Å². The van der Waals surface area contributed by atoms with Crippen LogP contribution in [0.2, 0.25) is 0 Å². The molecule has 2 N–H and O–H groups in total. The van der Waals surface area contributed by atoms with E-state index in [2.05, 4.69) is 26.1 Å². The highest BCUT2D eigenvalue weighted by molar-refractivity contribution is 5.31. The molecule has 0 bridgehead atoms. The lowest BCUT2D eigenvalue weighted by atomic mass is 9.98. The molecule has 0 amide bonds. The summed E-state index contributed by atoms with van der Waals surface area (Å²) in [6.45, 7) is 8.43. The number of benzene rings is 1. The fourth-order valence-corrected chi connectivity index (χ4v) is 1.33. The van der Waals surface area contributed by atoms with Crippen molar-refractivity contribution < 1.29 is 5.11 Å². The van der Waals surface area contributed by atoms with Gasteiger partial charge in [-0.05, 0) is 24.4 Å². The predicted molar refractivity (Wildman–Crippen MR) is 63.8 cm³/mol. The van der Waals surface area contributed by atoms with Crippen LogP contribution in [0.25, 0.3) is 0 Å². The van der Waals surface area contributed by atoms with Gasteiger partial charge >= 0.3 is 0 Å². The van der Waals surface area contributed by atoms with E-state index in [9.17, 15) is 5.11 Å². The van der Waals surface area contributed by atoms with E-state index in [1.165, 1.54) is 0 Å². The number of rotatable bonds is 5. The number of phenolic OH excluding ortho intramolecular Hbond substituents is 1. The third-order valence-electron chi connectivity index (χ3n) is 2.91. The molecule has 1 aromatic rings. The Morgan fingerprint density at radius 1 is 1.20 bits per heavy atom. The van der Waals surface area contributed by atoms with Crippen LogP contribution < -0.4 is 5.32 Å². The number of hydrogen-bond acceptors (Lipinski definition) is 2. The van der Waals surface area contributed by atoms with Gasteiger partial charge in [0.25, 0.3) is 0 Å². The predicted octanol–water partition coefficient (Wildman–Crippen LogP) is 2.77. The zero-order chi connectivity index (χ0) is 11.3. The molecule has 0 aliphatic heterocycles. The minimum Gasteiger partial charge on any atom is -0.508 e. The molecule has 0 radical (unpaired) electrons. The molecule has 15 heavy (non-hydrogen) atoms. The number of aromatic hydroxyl groups is 1. The Morgan fingerprint density at radius 3 is 2.47 bits per heavy atom. The third-order valence-corrected chi connectivity index (χ3v) is 2.91. The maximum atomic E-state index is 9.54. The van der Waals surface area contributed by atoms with Crippen molar-refractivity contribution in [2.24, 2.45) is 11.8 Å². The van der Waals surface area contributed by atoms with Crippen LogP contribution in [0.3, 0.4) is 0 Å². The van der Waals surface area contributed by atoms with Crippen molar-refractivity contribution in [3.05, 3.63) is 29.8 Å². The van der Waals surface area contributed by atoms with Gasteiger partial charge in [-0.2, -0.15) is 0 Å². The van der Waals surface area contributed by atoms with E-state index >= 15 is 0 Å². The summed E-state index contributed by atoms with van der Waals surface area (Å²) in [5.41, 5.74) is 0.966. The highest BCUT2D eigenvalue weighted by Crippen LogP contribution is 2.15. The normalized spacial score (nSPS) is 13.1. The smallest absolute Gasteiger partial charge is 0.120 e. The highest BCUT2D eigenvalue weighted by Gasteiger charge is 2.06. The van der Waals surface area contributed by atoms with Crippen LogP contribution in [0.15, 0.2) is 24.3 Å². The zero-order valence-corrected chi connectivity index (χ0v) is 9.83. The summed E-state index contributed by atoms with van der Waals surface area (Å²) in [7, 11) is 0. The van der Waals surface area contributed by atoms with Crippen LogP contribution in [0.5, 0.6) is 5.75 Å². The van der Waals surface area contributed by atoms with Gasteiger partial charge in [0.05, 0.1) is 0 Å². The van der Waals surface area contributed by atoms with Gasteiger partial charge in [-0.1, -0.05) is 39.0 Å². The Bertz CT molecular complexity index is 296. The first-order chi connectivity index (χ1) is 7.11. The van der Waals surface area contributed by atoms with Gasteiger partial charge in [-0.25, -0.2) is 0 Å². The first kappa shape index (κ1) is 12.1. The van der Waals surface area contributed by atoms with Gasteiger partial charge in [0, 0.05) is 12.1 Å². The Kier molecular flexibility index (Phi) is 4.63. The van der Waals surface area contributed by atoms with Crippen molar-refractivity contribution in [2.45, 2.75) is 27.3 Å². The maximum Gasteiger partial charge on any atom is 0.120 e. The Hall–Kier alpha value is -1.02. The lowest BCUT2D eigenvalue weighted by molar-refractivity contribution is 0.389. The number of hydrogen-bond donors (Lipinski definition) is 2. The molecule has 0 saturated carbocycles. The quantitative estimate of drug-likeness (QED) is 0.778. The van der Waals surface area contributed by atoms with Crippen molar-refractivity contribution in [1.82, 2.24) is 5.32 Å². The average molecular weight is 207 g/mol. The summed E-state index contributed by atoms with van der Waals surface area (Å²) in [5.74, 6) is 1.74. The van der Waals surface area contributed by atoms with E-state index in [-0.39, 0.29) is 0 Å². The number of nitrogens with one attached hydrogen (secondary N) is 1. The molecule has 1 aromatic carbocycles. The monoisotopic (exact) mass is 207 g/mol. The standard InChI is InChI=1S/C13H21NO/c1-10(2)11(3)8-14-9-12-6-4-5-7-13(12)15/h4-7,10-11,14-15H,8-9H2,1-3H3. The summed E-state index contributed by atoms with van der Waals surface area (Å²) in [4.78, 5) is 0. The Morgan fingerprint density at radius 2 is 1.87 bits per heavy atom. The van der Waals surface area contributed by atoms with Crippen LogP contribution in [0.4, 0.5) is 0 Å². The van der Waals surface area contributed by atoms with Crippen LogP contribution in [0.1, 0.15) is 26.3 Å². The highest BCUT2D eigenvalue weighted by atomic mass is 16.3. The first-order valence-electron chi connectivity index (χ1n) is 5.59. The minimum absolute atomic E-state index is 0.377. The summed E-state index contributed by atoms with van der Waals surface area (Å²) in [6.07, 6.45) is 0. The van der Waals surface area contributed by atoms with Crippen molar-refractivity contribution in [2.75, 3.05) is 6.54 Å². The van der Waals surface area contributed by atoms with Gasteiger partial charge in [0.2, 0.25) is 0 Å². The average Bonchev–Trinajstić information content (AvgIpc) is 2.20. The van der Waals surface area contributed by atoms with Crippen LogP contribution in [-0.4, -0.2) is 11.7 Å². The van der Waals surface area contributed by atoms with Gasteiger partial charge in [-0.15, -0.1) is 0 Å². The lowest BCUT2D eigenvalue weighted by Gasteiger charge is -2.16.